The van der Waals surface area contributed by atoms with Gasteiger partial charge in [-0.1, -0.05) is 18.2 Å². The lowest BCUT2D eigenvalue weighted by Crippen LogP contribution is -2.16. The molecule has 0 unspecified atom stereocenters. The number of anilines is 1. The van der Waals surface area contributed by atoms with Crippen LogP contribution in [0.1, 0.15) is 5.56 Å². The second-order valence-electron chi connectivity index (χ2n) is 5.80. The van der Waals surface area contributed by atoms with E-state index in [1.807, 2.05) is 48.5 Å². The van der Waals surface area contributed by atoms with Crippen LogP contribution < -0.4 is 15.4 Å². The third kappa shape index (κ3) is 5.44. The molecular weight excluding hydrogens is 352 g/mol. The van der Waals surface area contributed by atoms with Crippen LogP contribution in [0, 0.1) is 11.3 Å². The maximum atomic E-state index is 12.3. The second kappa shape index (κ2) is 9.55. The Morgan fingerprint density at radius 2 is 1.68 bits per heavy atom. The maximum absolute atomic E-state index is 12.3. The number of hydrogen-bond acceptors (Lipinski definition) is 5. The van der Waals surface area contributed by atoms with E-state index in [9.17, 15) is 10.1 Å². The smallest absolute Gasteiger partial charge is 0.267 e. The van der Waals surface area contributed by atoms with Gasteiger partial charge in [0.1, 0.15) is 23.1 Å². The molecule has 0 bridgehead atoms. The molecule has 0 saturated carbocycles. The molecule has 0 aliphatic heterocycles. The topological polar surface area (TPSA) is 87.0 Å². The summed E-state index contributed by atoms with van der Waals surface area (Å²) in [5.41, 5.74) is 1.55. The predicted molar refractivity (Wildman–Crippen MR) is 106 cm³/mol. The fourth-order valence-electron chi connectivity index (χ4n) is 2.35. The number of para-hydroxylation sites is 1. The summed E-state index contributed by atoms with van der Waals surface area (Å²) in [5.74, 6) is 0.898. The Hall–Kier alpha value is -4.11. The lowest BCUT2D eigenvalue weighted by molar-refractivity contribution is -0.112. The van der Waals surface area contributed by atoms with Gasteiger partial charge in [0.25, 0.3) is 5.91 Å². The first kappa shape index (κ1) is 18.7. The van der Waals surface area contributed by atoms with Crippen molar-refractivity contribution in [1.29, 1.82) is 5.26 Å². The van der Waals surface area contributed by atoms with Gasteiger partial charge in [0.2, 0.25) is 0 Å². The van der Waals surface area contributed by atoms with E-state index >= 15 is 0 Å². The molecule has 2 aromatic carbocycles. The van der Waals surface area contributed by atoms with Crippen LogP contribution in [-0.2, 0) is 11.3 Å². The highest BCUT2D eigenvalue weighted by molar-refractivity contribution is 6.06. The standard InChI is InChI=1S/C22H18N4O2/c23-14-18(16-25-15-17-10-12-24-13-11-17)22(27)26-19-6-8-21(9-7-19)28-20-4-2-1-3-5-20/h1-13,16,25H,15H2,(H,26,27)/b18-16-. The summed E-state index contributed by atoms with van der Waals surface area (Å²) in [6.07, 6.45) is 4.77. The molecular formula is C22H18N4O2. The lowest BCUT2D eigenvalue weighted by atomic mass is 10.2. The second-order valence-corrected chi connectivity index (χ2v) is 5.80. The zero-order chi connectivity index (χ0) is 19.6. The van der Waals surface area contributed by atoms with E-state index < -0.39 is 5.91 Å². The van der Waals surface area contributed by atoms with E-state index in [4.69, 9.17) is 4.74 Å². The number of carbonyl (C=O) groups excluding carboxylic acids is 1. The third-order valence-electron chi connectivity index (χ3n) is 3.76. The molecule has 6 heteroatoms. The molecule has 0 saturated heterocycles. The number of hydrogen-bond donors (Lipinski definition) is 2. The number of aromatic nitrogens is 1. The minimum Gasteiger partial charge on any atom is -0.457 e. The minimum atomic E-state index is -0.485. The van der Waals surface area contributed by atoms with Crippen molar-refractivity contribution in [2.24, 2.45) is 0 Å². The van der Waals surface area contributed by atoms with E-state index in [0.29, 0.717) is 18.0 Å². The van der Waals surface area contributed by atoms with Crippen molar-refractivity contribution in [3.05, 3.63) is 96.5 Å². The van der Waals surface area contributed by atoms with Gasteiger partial charge in [-0.05, 0) is 54.1 Å². The van der Waals surface area contributed by atoms with Crippen molar-refractivity contribution < 1.29 is 9.53 Å². The summed E-state index contributed by atoms with van der Waals surface area (Å²) in [5, 5.41) is 14.9. The van der Waals surface area contributed by atoms with E-state index in [0.717, 1.165) is 11.3 Å². The van der Waals surface area contributed by atoms with Crippen molar-refractivity contribution in [2.45, 2.75) is 6.54 Å². The minimum absolute atomic E-state index is 0.0151. The Balaban J connectivity index is 1.56. The molecule has 6 nitrogen and oxygen atoms in total. The van der Waals surface area contributed by atoms with E-state index in [1.165, 1.54) is 6.20 Å². The van der Waals surface area contributed by atoms with E-state index in [1.54, 1.807) is 36.7 Å². The SMILES string of the molecule is N#C/C(=C/NCc1ccncc1)C(=O)Nc1ccc(Oc2ccccc2)cc1. The Kier molecular flexibility index (Phi) is 6.37. The molecule has 2 N–H and O–H groups in total. The number of benzene rings is 2. The molecule has 3 aromatic rings. The van der Waals surface area contributed by atoms with Crippen molar-refractivity contribution >= 4 is 11.6 Å². The number of carbonyl (C=O) groups is 1. The number of amides is 1. The van der Waals surface area contributed by atoms with Crippen LogP contribution in [0.4, 0.5) is 5.69 Å². The first-order valence-electron chi connectivity index (χ1n) is 8.61. The first-order chi connectivity index (χ1) is 13.7. The molecule has 28 heavy (non-hydrogen) atoms. The molecule has 1 heterocycles. The molecule has 0 aliphatic rings. The molecule has 0 spiro atoms. The first-order valence-corrected chi connectivity index (χ1v) is 8.61. The zero-order valence-corrected chi connectivity index (χ0v) is 15.0. The summed E-state index contributed by atoms with van der Waals surface area (Å²) in [4.78, 5) is 16.2. The normalized spacial score (nSPS) is 10.6. The van der Waals surface area contributed by atoms with Crippen molar-refractivity contribution in [3.63, 3.8) is 0 Å². The average molecular weight is 370 g/mol. The highest BCUT2D eigenvalue weighted by atomic mass is 16.5. The lowest BCUT2D eigenvalue weighted by Gasteiger charge is -2.08. The van der Waals surface area contributed by atoms with Gasteiger partial charge >= 0.3 is 0 Å². The third-order valence-corrected chi connectivity index (χ3v) is 3.76. The molecule has 0 aliphatic carbocycles. The van der Waals surface area contributed by atoms with E-state index in [-0.39, 0.29) is 5.57 Å². The number of nitrogens with zero attached hydrogens (tertiary/aromatic N) is 2. The van der Waals surface area contributed by atoms with Crippen molar-refractivity contribution in [1.82, 2.24) is 10.3 Å². The van der Waals surface area contributed by atoms with Crippen molar-refractivity contribution in [3.8, 4) is 17.6 Å². The Bertz CT molecular complexity index is 979. The average Bonchev–Trinajstić information content (AvgIpc) is 2.74. The van der Waals surface area contributed by atoms with Gasteiger partial charge in [-0.15, -0.1) is 0 Å². The molecule has 3 rings (SSSR count). The van der Waals surface area contributed by atoms with Crippen LogP contribution in [0.2, 0.25) is 0 Å². The highest BCUT2D eigenvalue weighted by Gasteiger charge is 2.09. The molecule has 1 aromatic heterocycles. The van der Waals surface area contributed by atoms with Gasteiger partial charge in [0.05, 0.1) is 0 Å². The molecule has 0 atom stereocenters. The maximum Gasteiger partial charge on any atom is 0.267 e. The van der Waals surface area contributed by atoms with Gasteiger partial charge < -0.3 is 15.4 Å². The molecule has 1 amide bonds. The largest absolute Gasteiger partial charge is 0.457 e. The van der Waals surface area contributed by atoms with Gasteiger partial charge in [-0.2, -0.15) is 5.26 Å². The Morgan fingerprint density at radius 3 is 2.36 bits per heavy atom. The summed E-state index contributed by atoms with van der Waals surface area (Å²) < 4.78 is 5.71. The summed E-state index contributed by atoms with van der Waals surface area (Å²) in [7, 11) is 0. The number of nitriles is 1. The number of rotatable bonds is 7. The monoisotopic (exact) mass is 370 g/mol. The Labute approximate surface area is 163 Å². The molecule has 0 radical (unpaired) electrons. The van der Waals surface area contributed by atoms with Crippen LogP contribution in [0.3, 0.4) is 0 Å². The van der Waals surface area contributed by atoms with E-state index in [2.05, 4.69) is 15.6 Å². The van der Waals surface area contributed by atoms with Gasteiger partial charge in [-0.25, -0.2) is 0 Å². The number of pyridine rings is 1. The molecule has 138 valence electrons. The van der Waals surface area contributed by atoms with Crippen LogP contribution in [0.15, 0.2) is 90.9 Å². The summed E-state index contributed by atoms with van der Waals surface area (Å²) in [6.45, 7) is 0.493. The summed E-state index contributed by atoms with van der Waals surface area (Å²) in [6, 6.07) is 22.0. The van der Waals surface area contributed by atoms with Crippen LogP contribution in [-0.4, -0.2) is 10.9 Å². The predicted octanol–water partition coefficient (Wildman–Crippen LogP) is 4.01. The zero-order valence-electron chi connectivity index (χ0n) is 15.0. The van der Waals surface area contributed by atoms with Gasteiger partial charge in [-0.3, -0.25) is 9.78 Å². The summed E-state index contributed by atoms with van der Waals surface area (Å²) >= 11 is 0. The van der Waals surface area contributed by atoms with Gasteiger partial charge in [0, 0.05) is 30.8 Å². The van der Waals surface area contributed by atoms with Gasteiger partial charge in [0.15, 0.2) is 0 Å². The number of ether oxygens (including phenoxy) is 1. The highest BCUT2D eigenvalue weighted by Crippen LogP contribution is 2.22. The fourth-order valence-corrected chi connectivity index (χ4v) is 2.35. The van der Waals surface area contributed by atoms with Crippen LogP contribution in [0.25, 0.3) is 0 Å². The quantitative estimate of drug-likeness (QED) is 0.485. The number of nitrogens with one attached hydrogen (secondary N) is 2. The molecule has 0 fully saturated rings. The van der Waals surface area contributed by atoms with Crippen molar-refractivity contribution in [2.75, 3.05) is 5.32 Å². The Morgan fingerprint density at radius 1 is 1.00 bits per heavy atom. The van der Waals surface area contributed by atoms with Crippen LogP contribution >= 0.6 is 0 Å². The van der Waals surface area contributed by atoms with Crippen LogP contribution in [0.5, 0.6) is 11.5 Å². The fraction of sp³-hybridized carbons (Fsp3) is 0.0455.